The Morgan fingerprint density at radius 3 is 2.57 bits per heavy atom. The molecule has 2 fully saturated rings. The van der Waals surface area contributed by atoms with E-state index in [1.165, 1.54) is 56.9 Å². The second-order valence-corrected chi connectivity index (χ2v) is 6.79. The average molecular weight is 232 g/mol. The molecule has 0 bridgehead atoms. The van der Waals surface area contributed by atoms with Crippen molar-refractivity contribution >= 4 is 21.6 Å². The predicted octanol–water partition coefficient (Wildman–Crippen LogP) is 1.83. The Morgan fingerprint density at radius 1 is 1.14 bits per heavy atom. The van der Waals surface area contributed by atoms with E-state index in [1.807, 2.05) is 21.6 Å². The van der Waals surface area contributed by atoms with Crippen LogP contribution in [0.2, 0.25) is 0 Å². The van der Waals surface area contributed by atoms with E-state index in [0.717, 1.165) is 6.04 Å². The highest BCUT2D eigenvalue weighted by Gasteiger charge is 2.17. The van der Waals surface area contributed by atoms with Crippen molar-refractivity contribution in [2.75, 3.05) is 37.7 Å². The topological polar surface area (TPSA) is 15.3 Å². The minimum atomic E-state index is 0.775. The summed E-state index contributed by atoms with van der Waals surface area (Å²) in [6.07, 6.45) is 4.19. The Labute approximate surface area is 95.0 Å². The van der Waals surface area contributed by atoms with Gasteiger partial charge in [0.1, 0.15) is 0 Å². The lowest BCUT2D eigenvalue weighted by atomic mass is 10.0. The summed E-state index contributed by atoms with van der Waals surface area (Å²) >= 11 is 0. The summed E-state index contributed by atoms with van der Waals surface area (Å²) in [6, 6.07) is 0.775. The summed E-state index contributed by atoms with van der Waals surface area (Å²) in [7, 11) is 4.07. The number of nitrogens with one attached hydrogen (secondary N) is 1. The van der Waals surface area contributed by atoms with Gasteiger partial charge in [0.05, 0.1) is 0 Å². The smallest absolute Gasteiger partial charge is 0.0195 e. The summed E-state index contributed by atoms with van der Waals surface area (Å²) in [6.45, 7) is 5.09. The normalized spacial score (nSPS) is 31.3. The van der Waals surface area contributed by atoms with Crippen molar-refractivity contribution in [3.05, 3.63) is 0 Å². The molecule has 2 heterocycles. The van der Waals surface area contributed by atoms with Crippen molar-refractivity contribution in [2.24, 2.45) is 0 Å². The number of piperidine rings is 1. The molecule has 0 spiro atoms. The third kappa shape index (κ3) is 3.65. The van der Waals surface area contributed by atoms with Crippen LogP contribution in [0.3, 0.4) is 0 Å². The first-order valence-electron chi connectivity index (χ1n) is 5.65. The quantitative estimate of drug-likeness (QED) is 0.730. The lowest BCUT2D eigenvalue weighted by molar-refractivity contribution is 0.246. The summed E-state index contributed by atoms with van der Waals surface area (Å²) in [5.41, 5.74) is 0. The zero-order valence-corrected chi connectivity index (χ0v) is 10.3. The third-order valence-electron chi connectivity index (χ3n) is 2.96. The van der Waals surface area contributed by atoms with E-state index in [9.17, 15) is 0 Å². The second kappa shape index (κ2) is 6.26. The van der Waals surface area contributed by atoms with Gasteiger partial charge >= 0.3 is 0 Å². The number of hydrogen-bond acceptors (Lipinski definition) is 4. The van der Waals surface area contributed by atoms with Crippen LogP contribution >= 0.6 is 21.6 Å². The lowest BCUT2D eigenvalue weighted by Gasteiger charge is -2.29. The van der Waals surface area contributed by atoms with Gasteiger partial charge in [0.15, 0.2) is 0 Å². The van der Waals surface area contributed by atoms with Crippen molar-refractivity contribution in [2.45, 2.75) is 25.3 Å². The van der Waals surface area contributed by atoms with E-state index < -0.39 is 0 Å². The molecule has 0 aliphatic carbocycles. The fraction of sp³-hybridized carbons (Fsp3) is 1.00. The van der Waals surface area contributed by atoms with Crippen molar-refractivity contribution in [1.82, 2.24) is 10.2 Å². The van der Waals surface area contributed by atoms with Crippen LogP contribution in [0.4, 0.5) is 0 Å². The molecule has 0 aromatic heterocycles. The van der Waals surface area contributed by atoms with E-state index >= 15 is 0 Å². The van der Waals surface area contributed by atoms with Crippen molar-refractivity contribution in [3.8, 4) is 0 Å². The molecule has 0 unspecified atom stereocenters. The number of nitrogens with zero attached hydrogens (tertiary/aromatic N) is 1. The molecule has 0 radical (unpaired) electrons. The Balaban J connectivity index is 1.71. The molecule has 2 saturated heterocycles. The van der Waals surface area contributed by atoms with Crippen molar-refractivity contribution < 1.29 is 0 Å². The number of rotatable bonds is 2. The van der Waals surface area contributed by atoms with Crippen LogP contribution in [0.5, 0.6) is 0 Å². The first kappa shape index (κ1) is 11.1. The molecule has 0 aromatic carbocycles. The van der Waals surface area contributed by atoms with Gasteiger partial charge in [0.2, 0.25) is 0 Å². The Kier molecular flexibility index (Phi) is 4.97. The van der Waals surface area contributed by atoms with Crippen LogP contribution in [0.15, 0.2) is 0 Å². The molecule has 2 aliphatic heterocycles. The fourth-order valence-electron chi connectivity index (χ4n) is 2.14. The van der Waals surface area contributed by atoms with Gasteiger partial charge in [-0.15, -0.1) is 0 Å². The summed E-state index contributed by atoms with van der Waals surface area (Å²) in [4.78, 5) is 2.63. The molecular weight excluding hydrogens is 212 g/mol. The first-order valence-corrected chi connectivity index (χ1v) is 8.14. The zero-order valence-electron chi connectivity index (χ0n) is 8.71. The molecule has 0 aromatic rings. The molecule has 14 heavy (non-hydrogen) atoms. The minimum Gasteiger partial charge on any atom is -0.313 e. The highest BCUT2D eigenvalue weighted by atomic mass is 33.1. The minimum absolute atomic E-state index is 0.775. The molecule has 2 nitrogen and oxygen atoms in total. The highest BCUT2D eigenvalue weighted by Crippen LogP contribution is 2.24. The molecule has 0 amide bonds. The van der Waals surface area contributed by atoms with Crippen molar-refractivity contribution in [3.63, 3.8) is 0 Å². The molecule has 1 N–H and O–H groups in total. The van der Waals surface area contributed by atoms with Crippen LogP contribution < -0.4 is 5.32 Å². The van der Waals surface area contributed by atoms with E-state index in [0.29, 0.717) is 0 Å². The largest absolute Gasteiger partial charge is 0.313 e. The first-order chi connectivity index (χ1) is 6.95. The van der Waals surface area contributed by atoms with Crippen LogP contribution in [-0.2, 0) is 0 Å². The average Bonchev–Trinajstić information content (AvgIpc) is 2.48. The molecular formula is C10H20N2S2. The Morgan fingerprint density at radius 2 is 1.93 bits per heavy atom. The Bertz CT molecular complexity index is 152. The summed E-state index contributed by atoms with van der Waals surface area (Å²) < 4.78 is 0. The molecule has 0 saturated carbocycles. The maximum Gasteiger partial charge on any atom is 0.0195 e. The van der Waals surface area contributed by atoms with Gasteiger partial charge in [0.25, 0.3) is 0 Å². The lowest BCUT2D eigenvalue weighted by Crippen LogP contribution is -2.44. The van der Waals surface area contributed by atoms with E-state index in [2.05, 4.69) is 10.2 Å². The van der Waals surface area contributed by atoms with Crippen LogP contribution in [0.25, 0.3) is 0 Å². The molecule has 1 atom stereocenters. The fourth-order valence-corrected chi connectivity index (χ4v) is 4.19. The van der Waals surface area contributed by atoms with Gasteiger partial charge in [0, 0.05) is 37.2 Å². The van der Waals surface area contributed by atoms with Gasteiger partial charge in [-0.2, -0.15) is 0 Å². The monoisotopic (exact) mass is 232 g/mol. The maximum absolute atomic E-state index is 3.63. The molecule has 82 valence electrons. The van der Waals surface area contributed by atoms with E-state index in [-0.39, 0.29) is 0 Å². The molecule has 2 aliphatic rings. The van der Waals surface area contributed by atoms with Crippen LogP contribution in [-0.4, -0.2) is 48.6 Å². The second-order valence-electron chi connectivity index (χ2n) is 4.09. The zero-order chi connectivity index (χ0) is 9.64. The Hall–Kier alpha value is 0.620. The van der Waals surface area contributed by atoms with Crippen LogP contribution in [0.1, 0.15) is 19.3 Å². The van der Waals surface area contributed by atoms with Crippen molar-refractivity contribution in [1.29, 1.82) is 0 Å². The van der Waals surface area contributed by atoms with Gasteiger partial charge in [-0.05, 0) is 19.4 Å². The van der Waals surface area contributed by atoms with Crippen LogP contribution in [0, 0.1) is 0 Å². The number of hydrogen-bond donors (Lipinski definition) is 1. The highest BCUT2D eigenvalue weighted by molar-refractivity contribution is 8.76. The van der Waals surface area contributed by atoms with E-state index in [1.54, 1.807) is 0 Å². The predicted molar refractivity (Wildman–Crippen MR) is 67.0 cm³/mol. The maximum atomic E-state index is 3.63. The summed E-state index contributed by atoms with van der Waals surface area (Å²) in [5, 5.41) is 3.63. The third-order valence-corrected chi connectivity index (χ3v) is 5.32. The molecule has 4 heteroatoms. The standard InChI is InChI=1S/C10H20N2S2/c1-2-4-11-10(3-1)9-12-5-7-13-14-8-6-12/h10-11H,1-9H2/t10-/m0/s1. The molecule has 2 rings (SSSR count). The van der Waals surface area contributed by atoms with Gasteiger partial charge < -0.3 is 10.2 Å². The van der Waals surface area contributed by atoms with Gasteiger partial charge in [-0.3, -0.25) is 0 Å². The van der Waals surface area contributed by atoms with Gasteiger partial charge in [-0.1, -0.05) is 28.0 Å². The van der Waals surface area contributed by atoms with Gasteiger partial charge in [-0.25, -0.2) is 0 Å². The summed E-state index contributed by atoms with van der Waals surface area (Å²) in [5.74, 6) is 2.61. The van der Waals surface area contributed by atoms with E-state index in [4.69, 9.17) is 0 Å². The SMILES string of the molecule is C1CC[C@@H](CN2CCSSCC2)NC1.